The van der Waals surface area contributed by atoms with E-state index in [9.17, 15) is 19.1 Å². The van der Waals surface area contributed by atoms with Gasteiger partial charge in [0.1, 0.15) is 11.6 Å². The van der Waals surface area contributed by atoms with Gasteiger partial charge in [0.2, 0.25) is 0 Å². The number of ketones is 1. The summed E-state index contributed by atoms with van der Waals surface area (Å²) in [5.74, 6) is -1.48. The Labute approximate surface area is 222 Å². The van der Waals surface area contributed by atoms with Gasteiger partial charge < -0.3 is 14.6 Å². The largest absolute Gasteiger partial charge is 0.507 e. The molecule has 1 N–H and O–H groups in total. The van der Waals surface area contributed by atoms with Gasteiger partial charge in [0.25, 0.3) is 5.78 Å². The van der Waals surface area contributed by atoms with Crippen LogP contribution in [-0.4, -0.2) is 35.5 Å². The number of halogens is 1. The number of rotatable bonds is 7. The summed E-state index contributed by atoms with van der Waals surface area (Å²) in [6.07, 6.45) is 0.805. The summed E-state index contributed by atoms with van der Waals surface area (Å²) in [7, 11) is 1.50. The zero-order valence-corrected chi connectivity index (χ0v) is 21.8. The fourth-order valence-corrected chi connectivity index (χ4v) is 5.40. The highest BCUT2D eigenvalue weighted by atomic mass is 32.1. The van der Waals surface area contributed by atoms with E-state index < -0.39 is 23.5 Å². The minimum atomic E-state index is -1.00. The van der Waals surface area contributed by atoms with Crippen LogP contribution in [0.5, 0.6) is 11.5 Å². The summed E-state index contributed by atoms with van der Waals surface area (Å²) < 4.78 is 25.7. The number of fused-ring (bicyclic) bond motifs is 1. The van der Waals surface area contributed by atoms with Gasteiger partial charge in [-0.3, -0.25) is 14.5 Å². The van der Waals surface area contributed by atoms with Gasteiger partial charge in [-0.05, 0) is 49.2 Å². The molecular formula is C29H25FN2O5S. The Morgan fingerprint density at radius 3 is 2.55 bits per heavy atom. The summed E-state index contributed by atoms with van der Waals surface area (Å²) in [4.78, 5) is 32.7. The van der Waals surface area contributed by atoms with Crippen LogP contribution in [-0.2, 0) is 9.59 Å². The normalized spacial score (nSPS) is 16.8. The number of carbonyl (C=O) groups is 2. The minimum Gasteiger partial charge on any atom is -0.507 e. The van der Waals surface area contributed by atoms with E-state index >= 15 is 0 Å². The van der Waals surface area contributed by atoms with Crippen molar-refractivity contribution in [2.45, 2.75) is 26.3 Å². The SMILES string of the molecule is CCCOc1ccc([C@H]2C(=C(O)c3ccc(C)cc3)C(=O)C(=O)N2c2nc3ccc(F)cc3s2)cc1OC. The Hall–Kier alpha value is -4.24. The van der Waals surface area contributed by atoms with Crippen molar-refractivity contribution in [3.63, 3.8) is 0 Å². The second kappa shape index (κ2) is 10.3. The maximum absolute atomic E-state index is 13.9. The second-order valence-electron chi connectivity index (χ2n) is 8.90. The van der Waals surface area contributed by atoms with Crippen molar-refractivity contribution in [1.29, 1.82) is 0 Å². The standard InChI is InChI=1S/C29H25FN2O5S/c1-4-13-37-21-12-9-18(14-22(21)36-3)25-24(26(33)17-7-5-16(2)6-8-17)27(34)28(35)32(25)29-31-20-11-10-19(30)15-23(20)38-29/h5-12,14-15,25,33H,4,13H2,1-3H3/t25-/m0/s1. The number of aromatic nitrogens is 1. The van der Waals surface area contributed by atoms with Crippen molar-refractivity contribution in [3.8, 4) is 11.5 Å². The van der Waals surface area contributed by atoms with Crippen LogP contribution >= 0.6 is 11.3 Å². The Morgan fingerprint density at radius 2 is 1.84 bits per heavy atom. The van der Waals surface area contributed by atoms with Crippen molar-refractivity contribution in [1.82, 2.24) is 4.98 Å². The molecule has 0 radical (unpaired) electrons. The third kappa shape index (κ3) is 4.50. The molecule has 2 heterocycles. The monoisotopic (exact) mass is 532 g/mol. The Morgan fingerprint density at radius 1 is 1.08 bits per heavy atom. The molecule has 0 saturated carbocycles. The smallest absolute Gasteiger partial charge is 0.301 e. The molecule has 1 aliphatic rings. The van der Waals surface area contributed by atoms with Crippen LogP contribution in [0.1, 0.15) is 36.1 Å². The highest BCUT2D eigenvalue weighted by molar-refractivity contribution is 7.22. The lowest BCUT2D eigenvalue weighted by Gasteiger charge is -2.24. The average Bonchev–Trinajstić information content (AvgIpc) is 3.44. The van der Waals surface area contributed by atoms with Gasteiger partial charge in [0.15, 0.2) is 16.6 Å². The third-order valence-electron chi connectivity index (χ3n) is 6.28. The summed E-state index contributed by atoms with van der Waals surface area (Å²) >= 11 is 1.09. The summed E-state index contributed by atoms with van der Waals surface area (Å²) in [6, 6.07) is 15.3. The highest BCUT2D eigenvalue weighted by Crippen LogP contribution is 2.46. The van der Waals surface area contributed by atoms with Crippen molar-refractivity contribution >= 4 is 44.1 Å². The molecule has 9 heteroatoms. The number of carbonyl (C=O) groups excluding carboxylic acids is 2. The van der Waals surface area contributed by atoms with Gasteiger partial charge in [-0.25, -0.2) is 9.37 Å². The van der Waals surface area contributed by atoms with E-state index in [2.05, 4.69) is 4.98 Å². The average molecular weight is 533 g/mol. The lowest BCUT2D eigenvalue weighted by atomic mass is 9.95. The molecule has 0 bridgehead atoms. The Bertz CT molecular complexity index is 1580. The van der Waals surface area contributed by atoms with E-state index in [4.69, 9.17) is 9.47 Å². The third-order valence-corrected chi connectivity index (χ3v) is 7.30. The zero-order valence-electron chi connectivity index (χ0n) is 21.0. The number of hydrogen-bond acceptors (Lipinski definition) is 7. The molecule has 0 aliphatic carbocycles. The molecular weight excluding hydrogens is 507 g/mol. The number of aliphatic hydroxyl groups is 1. The molecule has 194 valence electrons. The van der Waals surface area contributed by atoms with E-state index in [0.717, 1.165) is 23.3 Å². The van der Waals surface area contributed by atoms with Crippen LogP contribution in [0, 0.1) is 12.7 Å². The molecule has 1 amide bonds. The molecule has 1 atom stereocenters. The van der Waals surface area contributed by atoms with E-state index in [0.29, 0.717) is 39.4 Å². The molecule has 38 heavy (non-hydrogen) atoms. The predicted octanol–water partition coefficient (Wildman–Crippen LogP) is 6.17. The van der Waals surface area contributed by atoms with E-state index in [1.807, 2.05) is 26.0 Å². The predicted molar refractivity (Wildman–Crippen MR) is 144 cm³/mol. The van der Waals surface area contributed by atoms with E-state index in [1.54, 1.807) is 30.3 Å². The van der Waals surface area contributed by atoms with Crippen molar-refractivity contribution < 1.29 is 28.6 Å². The number of amides is 1. The number of hydrogen-bond donors (Lipinski definition) is 1. The molecule has 1 aliphatic heterocycles. The summed E-state index contributed by atoms with van der Waals surface area (Å²) in [6.45, 7) is 4.39. The lowest BCUT2D eigenvalue weighted by Crippen LogP contribution is -2.29. The van der Waals surface area contributed by atoms with Crippen molar-refractivity contribution in [2.24, 2.45) is 0 Å². The van der Waals surface area contributed by atoms with Crippen LogP contribution in [0.3, 0.4) is 0 Å². The number of ether oxygens (including phenoxy) is 2. The van der Waals surface area contributed by atoms with E-state index in [-0.39, 0.29) is 16.5 Å². The molecule has 1 fully saturated rings. The number of Topliss-reactive ketones (excluding diaryl/α,β-unsaturated/α-hetero) is 1. The number of nitrogens with zero attached hydrogens (tertiary/aromatic N) is 2. The first-order valence-electron chi connectivity index (χ1n) is 12.1. The van der Waals surface area contributed by atoms with Crippen LogP contribution in [0.4, 0.5) is 9.52 Å². The van der Waals surface area contributed by atoms with Gasteiger partial charge in [0, 0.05) is 5.56 Å². The molecule has 0 spiro atoms. The van der Waals surface area contributed by atoms with Gasteiger partial charge >= 0.3 is 5.91 Å². The molecule has 1 saturated heterocycles. The van der Waals surface area contributed by atoms with Crippen molar-refractivity contribution in [3.05, 3.63) is 88.7 Å². The first kappa shape index (κ1) is 25.4. The van der Waals surface area contributed by atoms with Gasteiger partial charge in [-0.2, -0.15) is 0 Å². The van der Waals surface area contributed by atoms with Gasteiger partial charge in [-0.1, -0.05) is 54.2 Å². The molecule has 3 aromatic carbocycles. The number of thiazole rings is 1. The molecule has 5 rings (SSSR count). The maximum atomic E-state index is 13.9. The topological polar surface area (TPSA) is 89.0 Å². The molecule has 0 unspecified atom stereocenters. The quantitative estimate of drug-likeness (QED) is 0.174. The maximum Gasteiger partial charge on any atom is 0.301 e. The Kier molecular flexibility index (Phi) is 6.86. The first-order chi connectivity index (χ1) is 18.3. The lowest BCUT2D eigenvalue weighted by molar-refractivity contribution is -0.132. The minimum absolute atomic E-state index is 0.0754. The first-order valence-corrected chi connectivity index (χ1v) is 12.9. The van der Waals surface area contributed by atoms with Crippen LogP contribution in [0.15, 0.2) is 66.2 Å². The van der Waals surface area contributed by atoms with Crippen molar-refractivity contribution in [2.75, 3.05) is 18.6 Å². The number of anilines is 1. The molecule has 7 nitrogen and oxygen atoms in total. The highest BCUT2D eigenvalue weighted by Gasteiger charge is 2.48. The fraction of sp³-hybridized carbons (Fsp3) is 0.207. The fourth-order valence-electron chi connectivity index (χ4n) is 4.39. The number of aryl methyl sites for hydroxylation is 1. The zero-order chi connectivity index (χ0) is 27.0. The van der Waals surface area contributed by atoms with Crippen LogP contribution in [0.2, 0.25) is 0 Å². The van der Waals surface area contributed by atoms with E-state index in [1.165, 1.54) is 30.2 Å². The Balaban J connectivity index is 1.71. The van der Waals surface area contributed by atoms with Gasteiger partial charge in [0.05, 0.1) is 35.5 Å². The van der Waals surface area contributed by atoms with Gasteiger partial charge in [-0.15, -0.1) is 0 Å². The second-order valence-corrected chi connectivity index (χ2v) is 9.91. The number of methoxy groups -OCH3 is 1. The van der Waals surface area contributed by atoms with Crippen LogP contribution < -0.4 is 14.4 Å². The molecule has 4 aromatic rings. The van der Waals surface area contributed by atoms with Crippen LogP contribution in [0.25, 0.3) is 16.0 Å². The summed E-state index contributed by atoms with van der Waals surface area (Å²) in [5.41, 5.74) is 2.32. The summed E-state index contributed by atoms with van der Waals surface area (Å²) in [5, 5.41) is 11.5. The molecule has 1 aromatic heterocycles. The number of benzene rings is 3. The number of aliphatic hydroxyl groups excluding tert-OH is 1.